The predicted octanol–water partition coefficient (Wildman–Crippen LogP) is 0.353. The Bertz CT molecular complexity index is 230. The lowest BCUT2D eigenvalue weighted by atomic mass is 10.2. The minimum absolute atomic E-state index is 0.100. The summed E-state index contributed by atoms with van der Waals surface area (Å²) in [6, 6.07) is 0.154. The highest BCUT2D eigenvalue weighted by atomic mass is 16.6. The number of nitrogens with zero attached hydrogens (tertiary/aromatic N) is 1. The van der Waals surface area contributed by atoms with Crippen LogP contribution in [0, 0.1) is 0 Å². The Morgan fingerprint density at radius 1 is 1.71 bits per heavy atom. The molecule has 1 unspecified atom stereocenters. The standard InChI is InChI=1S/C9H16N2O3/c1-3-7(2)10-8(12)6-11-4-5-14-9(11)13/h7H,3-6H2,1-2H3,(H,10,12). The van der Waals surface area contributed by atoms with Gasteiger partial charge in [0.2, 0.25) is 5.91 Å². The van der Waals surface area contributed by atoms with Crippen molar-refractivity contribution in [3.8, 4) is 0 Å². The Hall–Kier alpha value is -1.26. The first-order valence-corrected chi connectivity index (χ1v) is 4.84. The van der Waals surface area contributed by atoms with Crippen molar-refractivity contribution in [3.63, 3.8) is 0 Å². The molecule has 0 aromatic rings. The maximum absolute atomic E-state index is 11.4. The van der Waals surface area contributed by atoms with Gasteiger partial charge in [0.05, 0.1) is 6.54 Å². The molecular formula is C9H16N2O3. The van der Waals surface area contributed by atoms with Gasteiger partial charge in [-0.15, -0.1) is 0 Å². The minimum Gasteiger partial charge on any atom is -0.448 e. The zero-order valence-electron chi connectivity index (χ0n) is 8.58. The second kappa shape index (κ2) is 4.83. The molecule has 1 fully saturated rings. The Balaban J connectivity index is 2.29. The Morgan fingerprint density at radius 3 is 2.93 bits per heavy atom. The maximum atomic E-state index is 11.4. The zero-order chi connectivity index (χ0) is 10.6. The molecule has 1 N–H and O–H groups in total. The van der Waals surface area contributed by atoms with Gasteiger partial charge < -0.3 is 10.1 Å². The van der Waals surface area contributed by atoms with Crippen molar-refractivity contribution in [3.05, 3.63) is 0 Å². The summed E-state index contributed by atoms with van der Waals surface area (Å²) >= 11 is 0. The van der Waals surface area contributed by atoms with Crippen LogP contribution in [0.3, 0.4) is 0 Å². The number of carbonyl (C=O) groups excluding carboxylic acids is 2. The minimum atomic E-state index is -0.399. The predicted molar refractivity (Wildman–Crippen MR) is 50.8 cm³/mol. The summed E-state index contributed by atoms with van der Waals surface area (Å²) in [5.74, 6) is -0.127. The van der Waals surface area contributed by atoms with Crippen LogP contribution in [0.2, 0.25) is 0 Å². The van der Waals surface area contributed by atoms with Gasteiger partial charge in [-0.2, -0.15) is 0 Å². The SMILES string of the molecule is CCC(C)NC(=O)CN1CCOC1=O. The number of cyclic esters (lactones) is 1. The molecule has 1 saturated heterocycles. The van der Waals surface area contributed by atoms with Crippen LogP contribution < -0.4 is 5.32 Å². The number of carbonyl (C=O) groups is 2. The van der Waals surface area contributed by atoms with E-state index in [0.717, 1.165) is 6.42 Å². The van der Waals surface area contributed by atoms with Gasteiger partial charge in [-0.3, -0.25) is 9.69 Å². The molecule has 5 nitrogen and oxygen atoms in total. The van der Waals surface area contributed by atoms with Crippen LogP contribution in [-0.4, -0.2) is 42.6 Å². The molecule has 5 heteroatoms. The molecule has 1 aliphatic rings. The van der Waals surface area contributed by atoms with Crippen molar-refractivity contribution in [2.45, 2.75) is 26.3 Å². The molecule has 1 rings (SSSR count). The first-order chi connectivity index (χ1) is 6.63. The monoisotopic (exact) mass is 200 g/mol. The zero-order valence-corrected chi connectivity index (χ0v) is 8.58. The van der Waals surface area contributed by atoms with Crippen LogP contribution in [0.15, 0.2) is 0 Å². The van der Waals surface area contributed by atoms with E-state index >= 15 is 0 Å². The average molecular weight is 200 g/mol. The average Bonchev–Trinajstić information content (AvgIpc) is 2.51. The van der Waals surface area contributed by atoms with Crippen LogP contribution in [0.1, 0.15) is 20.3 Å². The van der Waals surface area contributed by atoms with E-state index in [4.69, 9.17) is 4.74 Å². The first-order valence-electron chi connectivity index (χ1n) is 4.84. The van der Waals surface area contributed by atoms with E-state index in [2.05, 4.69) is 5.32 Å². The van der Waals surface area contributed by atoms with Gasteiger partial charge in [-0.1, -0.05) is 6.92 Å². The molecule has 0 saturated carbocycles. The molecule has 80 valence electrons. The van der Waals surface area contributed by atoms with E-state index in [0.29, 0.717) is 13.2 Å². The van der Waals surface area contributed by atoms with Crippen LogP contribution >= 0.6 is 0 Å². The lowest BCUT2D eigenvalue weighted by molar-refractivity contribution is -0.122. The highest BCUT2D eigenvalue weighted by Crippen LogP contribution is 2.02. The van der Waals surface area contributed by atoms with E-state index in [9.17, 15) is 9.59 Å². The summed E-state index contributed by atoms with van der Waals surface area (Å²) < 4.78 is 4.70. The van der Waals surface area contributed by atoms with Crippen molar-refractivity contribution in [1.29, 1.82) is 0 Å². The molecule has 1 aliphatic heterocycles. The second-order valence-electron chi connectivity index (χ2n) is 3.41. The van der Waals surface area contributed by atoms with Gasteiger partial charge in [0.1, 0.15) is 13.2 Å². The first kappa shape index (κ1) is 10.8. The fourth-order valence-electron chi connectivity index (χ4n) is 1.17. The third kappa shape index (κ3) is 2.90. The quantitative estimate of drug-likeness (QED) is 0.712. The van der Waals surface area contributed by atoms with Crippen LogP contribution in [0.25, 0.3) is 0 Å². The van der Waals surface area contributed by atoms with Gasteiger partial charge in [0.15, 0.2) is 0 Å². The van der Waals surface area contributed by atoms with E-state index in [1.54, 1.807) is 0 Å². The van der Waals surface area contributed by atoms with Crippen LogP contribution in [0.5, 0.6) is 0 Å². The largest absolute Gasteiger partial charge is 0.448 e. The number of rotatable bonds is 4. The van der Waals surface area contributed by atoms with Gasteiger partial charge in [-0.25, -0.2) is 4.79 Å². The topological polar surface area (TPSA) is 58.6 Å². The van der Waals surface area contributed by atoms with Crippen molar-refractivity contribution in [2.75, 3.05) is 19.7 Å². The molecule has 0 spiro atoms. The number of ether oxygens (including phenoxy) is 1. The molecule has 2 amide bonds. The summed E-state index contributed by atoms with van der Waals surface area (Å²) in [5.41, 5.74) is 0. The summed E-state index contributed by atoms with van der Waals surface area (Å²) in [5, 5.41) is 2.79. The van der Waals surface area contributed by atoms with E-state index in [1.807, 2.05) is 13.8 Å². The van der Waals surface area contributed by atoms with Crippen molar-refractivity contribution in [1.82, 2.24) is 10.2 Å². The van der Waals surface area contributed by atoms with E-state index in [1.165, 1.54) is 4.90 Å². The summed E-state index contributed by atoms with van der Waals surface area (Å²) in [6.45, 7) is 4.92. The second-order valence-corrected chi connectivity index (χ2v) is 3.41. The Morgan fingerprint density at radius 2 is 2.43 bits per heavy atom. The molecule has 14 heavy (non-hydrogen) atoms. The highest BCUT2D eigenvalue weighted by Gasteiger charge is 2.24. The normalized spacial score (nSPS) is 17.9. The van der Waals surface area contributed by atoms with Crippen molar-refractivity contribution >= 4 is 12.0 Å². The van der Waals surface area contributed by atoms with Gasteiger partial charge in [0.25, 0.3) is 0 Å². The highest BCUT2D eigenvalue weighted by molar-refractivity contribution is 5.82. The van der Waals surface area contributed by atoms with Gasteiger partial charge in [-0.05, 0) is 13.3 Å². The van der Waals surface area contributed by atoms with Crippen molar-refractivity contribution < 1.29 is 14.3 Å². The fourth-order valence-corrected chi connectivity index (χ4v) is 1.17. The van der Waals surface area contributed by atoms with Crippen molar-refractivity contribution in [2.24, 2.45) is 0 Å². The number of amides is 2. The molecule has 0 radical (unpaired) electrons. The Kier molecular flexibility index (Phi) is 3.73. The molecule has 1 heterocycles. The number of hydrogen-bond acceptors (Lipinski definition) is 3. The molecule has 0 bridgehead atoms. The fraction of sp³-hybridized carbons (Fsp3) is 0.778. The lowest BCUT2D eigenvalue weighted by Gasteiger charge is -2.15. The summed E-state index contributed by atoms with van der Waals surface area (Å²) in [4.78, 5) is 23.7. The third-order valence-corrected chi connectivity index (χ3v) is 2.20. The molecular weight excluding hydrogens is 184 g/mol. The smallest absolute Gasteiger partial charge is 0.410 e. The number of hydrogen-bond donors (Lipinski definition) is 1. The van der Waals surface area contributed by atoms with Crippen LogP contribution in [0.4, 0.5) is 4.79 Å². The molecule has 0 aromatic carbocycles. The van der Waals surface area contributed by atoms with Crippen LogP contribution in [-0.2, 0) is 9.53 Å². The summed E-state index contributed by atoms with van der Waals surface area (Å²) in [7, 11) is 0. The van der Waals surface area contributed by atoms with E-state index in [-0.39, 0.29) is 18.5 Å². The number of nitrogens with one attached hydrogen (secondary N) is 1. The maximum Gasteiger partial charge on any atom is 0.410 e. The van der Waals surface area contributed by atoms with E-state index < -0.39 is 6.09 Å². The van der Waals surface area contributed by atoms with Gasteiger partial charge in [0, 0.05) is 6.04 Å². The molecule has 0 aromatic heterocycles. The lowest BCUT2D eigenvalue weighted by Crippen LogP contribution is -2.41. The molecule has 1 atom stereocenters. The Labute approximate surface area is 83.4 Å². The summed E-state index contributed by atoms with van der Waals surface area (Å²) in [6.07, 6.45) is 0.486. The van der Waals surface area contributed by atoms with Gasteiger partial charge >= 0.3 is 6.09 Å². The molecule has 0 aliphatic carbocycles. The third-order valence-electron chi connectivity index (χ3n) is 2.20.